The molecular formula is C22H23N3O2. The van der Waals surface area contributed by atoms with E-state index in [1.165, 1.54) is 0 Å². The Labute approximate surface area is 159 Å². The number of benzene rings is 2. The number of aromatic nitrogens is 2. The Balaban J connectivity index is 1.50. The standard InChI is InChI=1S/C22H23N3O2/c1-15-16(2)27-21-19(15)8-5-9-20(21)22(26)24-12-17-6-3-4-7-18(17)13-25-11-10-23-14-25/h3-11,14-16H,12-13H2,1-2H3,(H,24,26)/t15-,16+/m1/s1. The van der Waals surface area contributed by atoms with Gasteiger partial charge in [-0.15, -0.1) is 0 Å². The highest BCUT2D eigenvalue weighted by atomic mass is 16.5. The van der Waals surface area contributed by atoms with Crippen LogP contribution in [-0.4, -0.2) is 21.6 Å². The average Bonchev–Trinajstić information content (AvgIpc) is 3.29. The first-order valence-electron chi connectivity index (χ1n) is 9.24. The second-order valence-electron chi connectivity index (χ2n) is 7.02. The number of hydrogen-bond acceptors (Lipinski definition) is 3. The lowest BCUT2D eigenvalue weighted by Gasteiger charge is -2.13. The predicted octanol–water partition coefficient (Wildman–Crippen LogP) is 3.75. The average molecular weight is 361 g/mol. The Morgan fingerprint density at radius 2 is 1.96 bits per heavy atom. The fraction of sp³-hybridized carbons (Fsp3) is 0.273. The zero-order valence-corrected chi connectivity index (χ0v) is 15.6. The monoisotopic (exact) mass is 361 g/mol. The van der Waals surface area contributed by atoms with Crippen molar-refractivity contribution in [1.82, 2.24) is 14.9 Å². The lowest BCUT2D eigenvalue weighted by Crippen LogP contribution is -2.24. The number of amides is 1. The summed E-state index contributed by atoms with van der Waals surface area (Å²) in [5.74, 6) is 0.913. The fourth-order valence-corrected chi connectivity index (χ4v) is 3.50. The summed E-state index contributed by atoms with van der Waals surface area (Å²) in [6, 6.07) is 13.9. The van der Waals surface area contributed by atoms with Gasteiger partial charge in [0, 0.05) is 37.0 Å². The molecule has 2 atom stereocenters. The molecule has 1 aromatic heterocycles. The van der Waals surface area contributed by atoms with E-state index in [1.807, 2.05) is 54.1 Å². The number of carbonyl (C=O) groups excluding carboxylic acids is 1. The smallest absolute Gasteiger partial charge is 0.255 e. The van der Waals surface area contributed by atoms with Crippen molar-refractivity contribution >= 4 is 5.91 Å². The van der Waals surface area contributed by atoms with Gasteiger partial charge in [-0.25, -0.2) is 4.98 Å². The van der Waals surface area contributed by atoms with Crippen molar-refractivity contribution in [3.05, 3.63) is 83.4 Å². The molecule has 2 heterocycles. The van der Waals surface area contributed by atoms with Crippen LogP contribution in [0.2, 0.25) is 0 Å². The van der Waals surface area contributed by atoms with E-state index in [0.29, 0.717) is 18.0 Å². The van der Waals surface area contributed by atoms with Crippen LogP contribution in [0.15, 0.2) is 61.2 Å². The van der Waals surface area contributed by atoms with Crippen LogP contribution in [0.1, 0.15) is 46.8 Å². The van der Waals surface area contributed by atoms with E-state index in [9.17, 15) is 4.79 Å². The van der Waals surface area contributed by atoms with Crippen LogP contribution in [0.4, 0.5) is 0 Å². The second-order valence-corrected chi connectivity index (χ2v) is 7.02. The summed E-state index contributed by atoms with van der Waals surface area (Å²) < 4.78 is 7.96. The summed E-state index contributed by atoms with van der Waals surface area (Å²) >= 11 is 0. The number of imidazole rings is 1. The van der Waals surface area contributed by atoms with E-state index in [1.54, 1.807) is 12.5 Å². The van der Waals surface area contributed by atoms with Crippen LogP contribution < -0.4 is 10.1 Å². The Morgan fingerprint density at radius 3 is 2.74 bits per heavy atom. The molecule has 0 saturated carbocycles. The van der Waals surface area contributed by atoms with Crippen molar-refractivity contribution in [2.75, 3.05) is 0 Å². The van der Waals surface area contributed by atoms with E-state index in [0.717, 1.165) is 29.0 Å². The Hall–Kier alpha value is -3.08. The minimum absolute atomic E-state index is 0.0878. The first-order chi connectivity index (χ1) is 13.1. The molecule has 0 aliphatic carbocycles. The minimum atomic E-state index is -0.106. The maximum Gasteiger partial charge on any atom is 0.255 e. The maximum atomic E-state index is 12.8. The third kappa shape index (κ3) is 3.45. The number of fused-ring (bicyclic) bond motifs is 1. The van der Waals surface area contributed by atoms with E-state index in [-0.39, 0.29) is 12.0 Å². The molecular weight excluding hydrogens is 338 g/mol. The SMILES string of the molecule is C[C@@H]1Oc2c(C(=O)NCc3ccccc3Cn3ccnc3)cccc2[C@@H]1C. The third-order valence-electron chi connectivity index (χ3n) is 5.26. The molecule has 2 aromatic carbocycles. The Bertz CT molecular complexity index is 950. The molecule has 0 radical (unpaired) electrons. The van der Waals surface area contributed by atoms with Crippen LogP contribution in [0, 0.1) is 0 Å². The molecule has 0 spiro atoms. The van der Waals surface area contributed by atoms with E-state index >= 15 is 0 Å². The summed E-state index contributed by atoms with van der Waals surface area (Å²) in [6.45, 7) is 5.37. The minimum Gasteiger partial charge on any atom is -0.489 e. The van der Waals surface area contributed by atoms with Crippen molar-refractivity contribution in [2.24, 2.45) is 0 Å². The van der Waals surface area contributed by atoms with E-state index < -0.39 is 0 Å². The van der Waals surface area contributed by atoms with Crippen molar-refractivity contribution < 1.29 is 9.53 Å². The van der Waals surface area contributed by atoms with Gasteiger partial charge in [0.2, 0.25) is 0 Å². The lowest BCUT2D eigenvalue weighted by atomic mass is 9.97. The molecule has 1 amide bonds. The Morgan fingerprint density at radius 1 is 1.15 bits per heavy atom. The normalized spacial score (nSPS) is 18.0. The molecule has 1 aliphatic heterocycles. The number of hydrogen-bond donors (Lipinski definition) is 1. The number of nitrogens with zero attached hydrogens (tertiary/aromatic N) is 2. The van der Waals surface area contributed by atoms with Gasteiger partial charge in [-0.2, -0.15) is 0 Å². The molecule has 4 rings (SSSR count). The summed E-state index contributed by atoms with van der Waals surface area (Å²) in [7, 11) is 0. The highest BCUT2D eigenvalue weighted by Gasteiger charge is 2.30. The molecule has 138 valence electrons. The summed E-state index contributed by atoms with van der Waals surface area (Å²) in [5, 5.41) is 3.05. The predicted molar refractivity (Wildman–Crippen MR) is 104 cm³/mol. The second kappa shape index (κ2) is 7.27. The van der Waals surface area contributed by atoms with Gasteiger partial charge in [0.05, 0.1) is 11.9 Å². The molecule has 0 bridgehead atoms. The highest BCUT2D eigenvalue weighted by molar-refractivity contribution is 5.97. The summed E-state index contributed by atoms with van der Waals surface area (Å²) in [5.41, 5.74) is 3.97. The molecule has 1 aliphatic rings. The lowest BCUT2D eigenvalue weighted by molar-refractivity contribution is 0.0946. The third-order valence-corrected chi connectivity index (χ3v) is 5.26. The van der Waals surface area contributed by atoms with Crippen molar-refractivity contribution in [1.29, 1.82) is 0 Å². The van der Waals surface area contributed by atoms with Crippen LogP contribution in [-0.2, 0) is 13.1 Å². The van der Waals surface area contributed by atoms with Gasteiger partial charge in [0.1, 0.15) is 11.9 Å². The number of rotatable bonds is 5. The maximum absolute atomic E-state index is 12.8. The molecule has 5 nitrogen and oxygen atoms in total. The van der Waals surface area contributed by atoms with Gasteiger partial charge in [0.25, 0.3) is 5.91 Å². The molecule has 0 fully saturated rings. The Kier molecular flexibility index (Phi) is 4.67. The number of carbonyl (C=O) groups is 1. The van der Waals surface area contributed by atoms with Gasteiger partial charge >= 0.3 is 0 Å². The molecule has 1 N–H and O–H groups in total. The molecule has 0 saturated heterocycles. The number of ether oxygens (including phenoxy) is 1. The largest absolute Gasteiger partial charge is 0.489 e. The quantitative estimate of drug-likeness (QED) is 0.753. The van der Waals surface area contributed by atoms with E-state index in [4.69, 9.17) is 4.74 Å². The van der Waals surface area contributed by atoms with Gasteiger partial charge < -0.3 is 14.6 Å². The van der Waals surface area contributed by atoms with Crippen molar-refractivity contribution in [3.63, 3.8) is 0 Å². The first kappa shape index (κ1) is 17.3. The summed E-state index contributed by atoms with van der Waals surface area (Å²) in [6.07, 6.45) is 5.58. The highest BCUT2D eigenvalue weighted by Crippen LogP contribution is 2.40. The fourth-order valence-electron chi connectivity index (χ4n) is 3.50. The van der Waals surface area contributed by atoms with Gasteiger partial charge in [0.15, 0.2) is 0 Å². The van der Waals surface area contributed by atoms with Crippen LogP contribution in [0.3, 0.4) is 0 Å². The number of nitrogens with one attached hydrogen (secondary N) is 1. The zero-order chi connectivity index (χ0) is 18.8. The molecule has 0 unspecified atom stereocenters. The van der Waals surface area contributed by atoms with Gasteiger partial charge in [-0.1, -0.05) is 43.3 Å². The van der Waals surface area contributed by atoms with Crippen molar-refractivity contribution in [2.45, 2.75) is 39.0 Å². The van der Waals surface area contributed by atoms with Crippen molar-refractivity contribution in [3.8, 4) is 5.75 Å². The molecule has 3 aromatic rings. The topological polar surface area (TPSA) is 56.1 Å². The van der Waals surface area contributed by atoms with E-state index in [2.05, 4.69) is 23.3 Å². The molecule has 5 heteroatoms. The van der Waals surface area contributed by atoms with Crippen LogP contribution in [0.25, 0.3) is 0 Å². The van der Waals surface area contributed by atoms with Gasteiger partial charge in [-0.05, 0) is 24.1 Å². The number of para-hydroxylation sites is 1. The van der Waals surface area contributed by atoms with Gasteiger partial charge in [-0.3, -0.25) is 4.79 Å². The molecule has 27 heavy (non-hydrogen) atoms. The van der Waals surface area contributed by atoms with Crippen LogP contribution >= 0.6 is 0 Å². The summed E-state index contributed by atoms with van der Waals surface area (Å²) in [4.78, 5) is 16.9. The van der Waals surface area contributed by atoms with Crippen LogP contribution in [0.5, 0.6) is 5.75 Å². The first-order valence-corrected chi connectivity index (χ1v) is 9.24. The zero-order valence-electron chi connectivity index (χ0n) is 15.6.